The molecular formula is C26H25N3O4S. The second-order valence-electron chi connectivity index (χ2n) is 7.82. The number of fused-ring (bicyclic) bond motifs is 2. The van der Waals surface area contributed by atoms with Crippen LogP contribution < -0.4 is 15.5 Å². The third-order valence-corrected chi connectivity index (χ3v) is 6.35. The number of hydrogen-bond acceptors (Lipinski definition) is 6. The first-order chi connectivity index (χ1) is 16.4. The van der Waals surface area contributed by atoms with Gasteiger partial charge in [-0.1, -0.05) is 36.0 Å². The molecule has 0 radical (unpaired) electrons. The van der Waals surface area contributed by atoms with E-state index in [0.717, 1.165) is 21.2 Å². The lowest BCUT2D eigenvalue weighted by molar-refractivity contribution is -0.152. The van der Waals surface area contributed by atoms with Crippen molar-refractivity contribution in [3.05, 3.63) is 72.8 Å². The third kappa shape index (κ3) is 5.58. The maximum atomic E-state index is 12.6. The summed E-state index contributed by atoms with van der Waals surface area (Å²) >= 11 is 1.71. The predicted octanol–water partition coefficient (Wildman–Crippen LogP) is 5.21. The van der Waals surface area contributed by atoms with Gasteiger partial charge in [0.1, 0.15) is 0 Å². The molecule has 1 heterocycles. The van der Waals surface area contributed by atoms with Gasteiger partial charge in [0.15, 0.2) is 6.10 Å². The van der Waals surface area contributed by atoms with Crippen molar-refractivity contribution in [2.75, 3.05) is 22.1 Å². The van der Waals surface area contributed by atoms with Gasteiger partial charge >= 0.3 is 5.97 Å². The molecule has 0 bridgehead atoms. The third-order valence-electron chi connectivity index (χ3n) is 5.22. The Labute approximate surface area is 202 Å². The molecule has 4 rings (SSSR count). The van der Waals surface area contributed by atoms with Crippen LogP contribution in [0.25, 0.3) is 0 Å². The van der Waals surface area contributed by atoms with Crippen LogP contribution in [0.1, 0.15) is 20.3 Å². The number of carbonyl (C=O) groups excluding carboxylic acids is 3. The molecule has 8 heteroatoms. The van der Waals surface area contributed by atoms with E-state index in [1.165, 1.54) is 6.92 Å². The number of rotatable bonds is 7. The molecule has 3 aromatic carbocycles. The van der Waals surface area contributed by atoms with Crippen molar-refractivity contribution in [3.63, 3.8) is 0 Å². The van der Waals surface area contributed by atoms with E-state index in [1.54, 1.807) is 43.0 Å². The highest BCUT2D eigenvalue weighted by atomic mass is 32.2. The average molecular weight is 476 g/mol. The summed E-state index contributed by atoms with van der Waals surface area (Å²) in [6.07, 6.45) is -0.810. The van der Waals surface area contributed by atoms with Gasteiger partial charge < -0.3 is 20.3 Å². The zero-order valence-corrected chi connectivity index (χ0v) is 19.7. The maximum Gasteiger partial charge on any atom is 0.308 e. The maximum absolute atomic E-state index is 12.6. The van der Waals surface area contributed by atoms with E-state index in [4.69, 9.17) is 4.74 Å². The van der Waals surface area contributed by atoms with Crippen LogP contribution in [0.5, 0.6) is 0 Å². The van der Waals surface area contributed by atoms with Gasteiger partial charge in [-0.15, -0.1) is 0 Å². The van der Waals surface area contributed by atoms with Crippen molar-refractivity contribution in [3.8, 4) is 0 Å². The summed E-state index contributed by atoms with van der Waals surface area (Å²) in [6.45, 7) is 3.40. The van der Waals surface area contributed by atoms with Crippen LogP contribution in [-0.2, 0) is 19.1 Å². The van der Waals surface area contributed by atoms with E-state index in [-0.39, 0.29) is 12.3 Å². The minimum absolute atomic E-state index is 0.135. The van der Waals surface area contributed by atoms with Gasteiger partial charge in [-0.2, -0.15) is 0 Å². The van der Waals surface area contributed by atoms with Gasteiger partial charge in [0.2, 0.25) is 5.91 Å². The number of anilines is 4. The van der Waals surface area contributed by atoms with Crippen LogP contribution in [-0.4, -0.2) is 30.4 Å². The molecule has 0 spiro atoms. The molecule has 0 aliphatic carbocycles. The molecule has 2 N–H and O–H groups in total. The standard InChI is InChI=1S/C26H25N3O4S/c1-17(26(32)28-20-13-11-19(12-14-20)27-18(2)30)33-25(31)15-16-29-21-7-3-5-9-23(21)34-24-10-6-4-8-22(24)29/h3-14,17H,15-16H2,1-2H3,(H,27,30)(H,28,32)/t17-/m0/s1. The molecule has 0 saturated heterocycles. The van der Waals surface area contributed by atoms with Gasteiger partial charge in [-0.3, -0.25) is 14.4 Å². The second kappa shape index (κ2) is 10.4. The quantitative estimate of drug-likeness (QED) is 0.456. The number of amides is 2. The van der Waals surface area contributed by atoms with Crippen LogP contribution in [0.4, 0.5) is 22.7 Å². The van der Waals surface area contributed by atoms with E-state index < -0.39 is 18.0 Å². The minimum atomic E-state index is -0.945. The highest BCUT2D eigenvalue weighted by molar-refractivity contribution is 7.99. The Hall–Kier alpha value is -3.78. The summed E-state index contributed by atoms with van der Waals surface area (Å²) in [5.41, 5.74) is 3.27. The number of nitrogens with one attached hydrogen (secondary N) is 2. The molecule has 1 atom stereocenters. The van der Waals surface area contributed by atoms with Gasteiger partial charge in [0.25, 0.3) is 5.91 Å². The first-order valence-electron chi connectivity index (χ1n) is 10.9. The molecule has 3 aromatic rings. The molecule has 0 aromatic heterocycles. The lowest BCUT2D eigenvalue weighted by Gasteiger charge is -2.32. The summed E-state index contributed by atoms with van der Waals surface area (Å²) < 4.78 is 5.39. The Balaban J connectivity index is 1.33. The number of ether oxygens (including phenoxy) is 1. The van der Waals surface area contributed by atoms with E-state index >= 15 is 0 Å². The van der Waals surface area contributed by atoms with Crippen molar-refractivity contribution < 1.29 is 19.1 Å². The number of nitrogens with zero attached hydrogens (tertiary/aromatic N) is 1. The fourth-order valence-electron chi connectivity index (χ4n) is 3.62. The Morgan fingerprint density at radius 2 is 1.38 bits per heavy atom. The van der Waals surface area contributed by atoms with Gasteiger partial charge in [0, 0.05) is 34.6 Å². The molecule has 2 amide bonds. The predicted molar refractivity (Wildman–Crippen MR) is 134 cm³/mol. The Morgan fingerprint density at radius 3 is 1.94 bits per heavy atom. The fraction of sp³-hybridized carbons (Fsp3) is 0.192. The molecule has 34 heavy (non-hydrogen) atoms. The highest BCUT2D eigenvalue weighted by Gasteiger charge is 2.24. The zero-order valence-electron chi connectivity index (χ0n) is 18.9. The second-order valence-corrected chi connectivity index (χ2v) is 8.90. The summed E-state index contributed by atoms with van der Waals surface area (Å²) in [5, 5.41) is 5.38. The first kappa shape index (κ1) is 23.4. The number of carbonyl (C=O) groups is 3. The lowest BCUT2D eigenvalue weighted by Crippen LogP contribution is -2.31. The van der Waals surface area contributed by atoms with E-state index in [9.17, 15) is 14.4 Å². The van der Waals surface area contributed by atoms with Crippen molar-refractivity contribution in [2.24, 2.45) is 0 Å². The first-order valence-corrected chi connectivity index (χ1v) is 11.7. The molecule has 1 aliphatic rings. The average Bonchev–Trinajstić information content (AvgIpc) is 2.82. The number of hydrogen-bond donors (Lipinski definition) is 2. The van der Waals surface area contributed by atoms with Crippen LogP contribution in [0, 0.1) is 0 Å². The Bertz CT molecular complexity index is 1170. The minimum Gasteiger partial charge on any atom is -0.452 e. The van der Waals surface area contributed by atoms with Crippen molar-refractivity contribution in [1.82, 2.24) is 0 Å². The van der Waals surface area contributed by atoms with Crippen LogP contribution >= 0.6 is 11.8 Å². The highest BCUT2D eigenvalue weighted by Crippen LogP contribution is 2.47. The van der Waals surface area contributed by atoms with Crippen LogP contribution in [0.15, 0.2) is 82.6 Å². The summed E-state index contributed by atoms with van der Waals surface area (Å²) in [4.78, 5) is 40.5. The Kier molecular flexibility index (Phi) is 7.18. The number of benzene rings is 3. The smallest absolute Gasteiger partial charge is 0.308 e. The van der Waals surface area contributed by atoms with Crippen molar-refractivity contribution >= 4 is 52.3 Å². The molecule has 7 nitrogen and oxygen atoms in total. The summed E-state index contributed by atoms with van der Waals surface area (Å²) in [6, 6.07) is 22.9. The van der Waals surface area contributed by atoms with Crippen molar-refractivity contribution in [2.45, 2.75) is 36.2 Å². The molecule has 0 fully saturated rings. The monoisotopic (exact) mass is 475 g/mol. The van der Waals surface area contributed by atoms with Gasteiger partial charge in [0.05, 0.1) is 17.8 Å². The normalized spacial score (nSPS) is 12.7. The number of esters is 1. The zero-order chi connectivity index (χ0) is 24.1. The summed E-state index contributed by atoms with van der Waals surface area (Å²) in [7, 11) is 0. The van der Waals surface area contributed by atoms with Crippen LogP contribution in [0.2, 0.25) is 0 Å². The molecule has 174 valence electrons. The van der Waals surface area contributed by atoms with E-state index in [1.807, 2.05) is 36.4 Å². The molecule has 1 aliphatic heterocycles. The van der Waals surface area contributed by atoms with Crippen LogP contribution in [0.3, 0.4) is 0 Å². The van der Waals surface area contributed by atoms with Gasteiger partial charge in [-0.25, -0.2) is 0 Å². The molecular weight excluding hydrogens is 450 g/mol. The Morgan fingerprint density at radius 1 is 0.853 bits per heavy atom. The topological polar surface area (TPSA) is 87.7 Å². The lowest BCUT2D eigenvalue weighted by atomic mass is 10.2. The largest absolute Gasteiger partial charge is 0.452 e. The van der Waals surface area contributed by atoms with E-state index in [2.05, 4.69) is 27.7 Å². The SMILES string of the molecule is CC(=O)Nc1ccc(NC(=O)[C@H](C)OC(=O)CCN2c3ccccc3Sc3ccccc32)cc1. The van der Waals surface area contributed by atoms with E-state index in [0.29, 0.717) is 17.9 Å². The number of para-hydroxylation sites is 2. The molecule has 0 saturated carbocycles. The van der Waals surface area contributed by atoms with Gasteiger partial charge in [-0.05, 0) is 55.5 Å². The fourth-order valence-corrected chi connectivity index (χ4v) is 4.71. The van der Waals surface area contributed by atoms with Crippen molar-refractivity contribution in [1.29, 1.82) is 0 Å². The molecule has 0 unspecified atom stereocenters. The summed E-state index contributed by atoms with van der Waals surface area (Å²) in [5.74, 6) is -1.05.